The third kappa shape index (κ3) is 2.87. The lowest BCUT2D eigenvalue weighted by Crippen LogP contribution is -2.55. The first-order valence-electron chi connectivity index (χ1n) is 9.11. The Hall–Kier alpha value is -1.04. The summed E-state index contributed by atoms with van der Waals surface area (Å²) in [6.45, 7) is 4.26. The first-order valence-corrected chi connectivity index (χ1v) is 9.49. The number of carbonyl (C=O) groups is 1. The molecule has 0 aliphatic carbocycles. The van der Waals surface area contributed by atoms with Crippen molar-refractivity contribution in [1.82, 2.24) is 15.1 Å². The van der Waals surface area contributed by atoms with E-state index in [1.807, 2.05) is 18.4 Å². The van der Waals surface area contributed by atoms with Crippen LogP contribution in [-0.2, 0) is 9.53 Å². The lowest BCUT2D eigenvalue weighted by atomic mass is 9.78. The maximum Gasteiger partial charge on any atom is 0.230 e. The van der Waals surface area contributed by atoms with Crippen LogP contribution in [0.5, 0.6) is 0 Å². The molecule has 132 valence electrons. The summed E-state index contributed by atoms with van der Waals surface area (Å²) in [7, 11) is 0. The van der Waals surface area contributed by atoms with Crippen molar-refractivity contribution < 1.29 is 9.53 Å². The van der Waals surface area contributed by atoms with Gasteiger partial charge in [-0.1, -0.05) is 11.6 Å². The highest BCUT2D eigenvalue weighted by molar-refractivity contribution is 6.30. The topological polar surface area (TPSA) is 44.8 Å². The van der Waals surface area contributed by atoms with E-state index in [-0.39, 0.29) is 11.6 Å². The molecule has 0 aromatic carbocycles. The maximum absolute atomic E-state index is 13.3. The molecule has 0 bridgehead atoms. The summed E-state index contributed by atoms with van der Waals surface area (Å²) in [5.74, 6) is 0.366. The van der Waals surface area contributed by atoms with Crippen molar-refractivity contribution in [1.29, 1.82) is 0 Å². The minimum Gasteiger partial charge on any atom is -0.381 e. The van der Waals surface area contributed by atoms with Crippen LogP contribution in [0.2, 0.25) is 0 Å². The second kappa shape index (κ2) is 6.70. The van der Waals surface area contributed by atoms with Gasteiger partial charge in [0, 0.05) is 38.9 Å². The Morgan fingerprint density at radius 2 is 2.08 bits per heavy atom. The number of hydrogen-bond donors (Lipinski definition) is 1. The van der Waals surface area contributed by atoms with E-state index in [2.05, 4.69) is 15.1 Å². The molecule has 2 atom stereocenters. The van der Waals surface area contributed by atoms with Gasteiger partial charge in [-0.25, -0.2) is 0 Å². The molecule has 1 amide bonds. The van der Waals surface area contributed by atoms with Crippen LogP contribution >= 0.6 is 11.6 Å². The van der Waals surface area contributed by atoms with E-state index in [1.165, 1.54) is 0 Å². The van der Waals surface area contributed by atoms with Crippen LogP contribution in [0.1, 0.15) is 32.1 Å². The molecule has 24 heavy (non-hydrogen) atoms. The van der Waals surface area contributed by atoms with Gasteiger partial charge in [-0.05, 0) is 50.5 Å². The molecule has 4 aliphatic heterocycles. The van der Waals surface area contributed by atoms with Gasteiger partial charge in [-0.15, -0.1) is 0 Å². The van der Waals surface area contributed by atoms with Crippen molar-refractivity contribution >= 4 is 17.5 Å². The number of piperidine rings is 1. The highest BCUT2D eigenvalue weighted by Crippen LogP contribution is 2.42. The number of rotatable bonds is 2. The number of likely N-dealkylation sites (tertiary alicyclic amines) is 2. The molecular formula is C18H26ClN3O2. The molecule has 1 unspecified atom stereocenters. The van der Waals surface area contributed by atoms with E-state index in [4.69, 9.17) is 16.3 Å². The lowest BCUT2D eigenvalue weighted by Gasteiger charge is -2.43. The fourth-order valence-electron chi connectivity index (χ4n) is 4.70. The number of dihydropyridines is 1. The minimum absolute atomic E-state index is 0.0128. The van der Waals surface area contributed by atoms with Gasteiger partial charge in [-0.2, -0.15) is 0 Å². The summed E-state index contributed by atoms with van der Waals surface area (Å²) < 4.78 is 5.46. The maximum atomic E-state index is 13.3. The molecule has 5 nitrogen and oxygen atoms in total. The molecule has 0 aromatic heterocycles. The van der Waals surface area contributed by atoms with Crippen LogP contribution in [0.3, 0.4) is 0 Å². The van der Waals surface area contributed by atoms with E-state index < -0.39 is 0 Å². The number of nitrogens with zero attached hydrogens (tertiary/aromatic N) is 2. The summed E-state index contributed by atoms with van der Waals surface area (Å²) in [6, 6.07) is 0.375. The van der Waals surface area contributed by atoms with E-state index in [0.29, 0.717) is 11.9 Å². The fraction of sp³-hybridized carbons (Fsp3) is 0.722. The Balaban J connectivity index is 1.47. The molecule has 4 rings (SSSR count). The van der Waals surface area contributed by atoms with Gasteiger partial charge >= 0.3 is 0 Å². The smallest absolute Gasteiger partial charge is 0.230 e. The van der Waals surface area contributed by atoms with E-state index in [0.717, 1.165) is 70.0 Å². The fourth-order valence-corrected chi connectivity index (χ4v) is 4.97. The van der Waals surface area contributed by atoms with Crippen LogP contribution in [0, 0.1) is 5.41 Å². The second-order valence-electron chi connectivity index (χ2n) is 7.43. The standard InChI is InChI=1S/C18H26ClN3O2/c19-15-3-1-8-20-16(15)21-9-2-6-18(13-21)7-10-22(17(18)23)14-4-11-24-12-5-14/h1,3,8,14,16,20H,2,4-7,9-13H2/t16?,18-/m1/s1. The molecule has 3 fully saturated rings. The molecule has 1 N–H and O–H groups in total. The van der Waals surface area contributed by atoms with Crippen molar-refractivity contribution in [3.63, 3.8) is 0 Å². The molecule has 0 aromatic rings. The van der Waals surface area contributed by atoms with Gasteiger partial charge in [0.2, 0.25) is 5.91 Å². The zero-order chi connectivity index (χ0) is 16.6. The first kappa shape index (κ1) is 16.4. The Labute approximate surface area is 148 Å². The summed E-state index contributed by atoms with van der Waals surface area (Å²) in [4.78, 5) is 17.8. The van der Waals surface area contributed by atoms with Crippen LogP contribution in [-0.4, -0.2) is 60.8 Å². The summed E-state index contributed by atoms with van der Waals surface area (Å²) in [6.07, 6.45) is 10.8. The number of halogens is 1. The second-order valence-corrected chi connectivity index (χ2v) is 7.86. The minimum atomic E-state index is -0.212. The summed E-state index contributed by atoms with van der Waals surface area (Å²) in [5.41, 5.74) is -0.212. The van der Waals surface area contributed by atoms with Crippen molar-refractivity contribution in [3.05, 3.63) is 23.4 Å². The van der Waals surface area contributed by atoms with Gasteiger partial charge in [0.1, 0.15) is 6.17 Å². The summed E-state index contributed by atoms with van der Waals surface area (Å²) in [5, 5.41) is 4.14. The van der Waals surface area contributed by atoms with Gasteiger partial charge in [0.15, 0.2) is 0 Å². The summed E-state index contributed by atoms with van der Waals surface area (Å²) >= 11 is 6.39. The average Bonchev–Trinajstić information content (AvgIpc) is 2.92. The van der Waals surface area contributed by atoms with Crippen molar-refractivity contribution in [2.24, 2.45) is 5.41 Å². The molecule has 0 saturated carbocycles. The number of hydrogen-bond acceptors (Lipinski definition) is 4. The van der Waals surface area contributed by atoms with Crippen molar-refractivity contribution in [3.8, 4) is 0 Å². The predicted molar refractivity (Wildman–Crippen MR) is 93.4 cm³/mol. The SMILES string of the molecule is O=C1N(C2CCOCC2)CC[C@@]12CCCN(C1NC=CC=C1Cl)C2. The molecule has 4 heterocycles. The quantitative estimate of drug-likeness (QED) is 0.827. The number of nitrogens with one attached hydrogen (secondary N) is 1. The molecule has 0 radical (unpaired) electrons. The highest BCUT2D eigenvalue weighted by atomic mass is 35.5. The monoisotopic (exact) mass is 351 g/mol. The molecular weight excluding hydrogens is 326 g/mol. The van der Waals surface area contributed by atoms with Gasteiger partial charge in [-0.3, -0.25) is 9.69 Å². The number of allylic oxidation sites excluding steroid dienone is 2. The van der Waals surface area contributed by atoms with E-state index >= 15 is 0 Å². The van der Waals surface area contributed by atoms with Crippen LogP contribution in [0.25, 0.3) is 0 Å². The Morgan fingerprint density at radius 1 is 1.25 bits per heavy atom. The largest absolute Gasteiger partial charge is 0.381 e. The highest BCUT2D eigenvalue weighted by Gasteiger charge is 2.51. The first-order chi connectivity index (χ1) is 11.7. The average molecular weight is 352 g/mol. The molecule has 6 heteroatoms. The van der Waals surface area contributed by atoms with Gasteiger partial charge in [0.25, 0.3) is 0 Å². The van der Waals surface area contributed by atoms with Crippen LogP contribution in [0.15, 0.2) is 23.4 Å². The number of carbonyl (C=O) groups excluding carboxylic acids is 1. The number of amides is 1. The third-order valence-electron chi connectivity index (χ3n) is 6.02. The number of ether oxygens (including phenoxy) is 1. The molecule has 3 saturated heterocycles. The zero-order valence-electron chi connectivity index (χ0n) is 14.0. The predicted octanol–water partition coefficient (Wildman–Crippen LogP) is 2.05. The third-order valence-corrected chi connectivity index (χ3v) is 6.35. The van der Waals surface area contributed by atoms with Crippen LogP contribution < -0.4 is 5.32 Å². The zero-order valence-corrected chi connectivity index (χ0v) is 14.8. The van der Waals surface area contributed by atoms with Crippen LogP contribution in [0.4, 0.5) is 0 Å². The van der Waals surface area contributed by atoms with E-state index in [1.54, 1.807) is 0 Å². The Morgan fingerprint density at radius 3 is 2.88 bits per heavy atom. The van der Waals surface area contributed by atoms with Gasteiger partial charge in [0.05, 0.1) is 10.4 Å². The van der Waals surface area contributed by atoms with Gasteiger partial charge < -0.3 is 15.0 Å². The molecule has 4 aliphatic rings. The van der Waals surface area contributed by atoms with Crippen molar-refractivity contribution in [2.45, 2.75) is 44.3 Å². The lowest BCUT2D eigenvalue weighted by molar-refractivity contribution is -0.142. The normalized spacial score (nSPS) is 35.4. The van der Waals surface area contributed by atoms with E-state index in [9.17, 15) is 4.79 Å². The molecule has 1 spiro atoms. The Bertz CT molecular complexity index is 558. The van der Waals surface area contributed by atoms with Crippen molar-refractivity contribution in [2.75, 3.05) is 32.8 Å². The Kier molecular flexibility index (Phi) is 4.58.